The van der Waals surface area contributed by atoms with E-state index in [2.05, 4.69) is 17.6 Å². The molecule has 0 radical (unpaired) electrons. The van der Waals surface area contributed by atoms with Crippen LogP contribution in [0.2, 0.25) is 5.02 Å². The highest BCUT2D eigenvalue weighted by molar-refractivity contribution is 6.30. The SMILES string of the molecule is CCCCN1C(=O)CCc2cc(NC(=O)Nc3cccc(Cl)c3)ccc21. The number of fused-ring (bicyclic) bond motifs is 1. The van der Waals surface area contributed by atoms with E-state index in [1.807, 2.05) is 23.1 Å². The Labute approximate surface area is 158 Å². The number of carbonyl (C=O) groups is 2. The van der Waals surface area contributed by atoms with Crippen molar-refractivity contribution in [2.75, 3.05) is 22.1 Å². The molecule has 0 saturated heterocycles. The quantitative estimate of drug-likeness (QED) is 0.771. The summed E-state index contributed by atoms with van der Waals surface area (Å²) in [7, 11) is 0. The molecule has 0 fully saturated rings. The lowest BCUT2D eigenvalue weighted by Crippen LogP contribution is -2.35. The Balaban J connectivity index is 1.70. The molecule has 5 nitrogen and oxygen atoms in total. The minimum Gasteiger partial charge on any atom is -0.312 e. The van der Waals surface area contributed by atoms with Gasteiger partial charge in [-0.25, -0.2) is 4.79 Å². The maximum absolute atomic E-state index is 12.2. The first-order valence-electron chi connectivity index (χ1n) is 8.83. The standard InChI is InChI=1S/C20H22ClN3O2/c1-2-3-11-24-18-9-8-17(12-14(18)7-10-19(24)25)23-20(26)22-16-6-4-5-15(21)13-16/h4-6,8-9,12-13H,2-3,7,10-11H2,1H3,(H2,22,23,26). The fraction of sp³-hybridized carbons (Fsp3) is 0.300. The normalized spacial score (nSPS) is 13.3. The Hall–Kier alpha value is -2.53. The molecule has 136 valence electrons. The second-order valence-corrected chi connectivity index (χ2v) is 6.77. The predicted molar refractivity (Wildman–Crippen MR) is 106 cm³/mol. The second kappa shape index (κ2) is 8.23. The van der Waals surface area contributed by atoms with Gasteiger partial charge in [0, 0.05) is 35.1 Å². The molecule has 0 aromatic heterocycles. The van der Waals surface area contributed by atoms with Gasteiger partial charge in [0.2, 0.25) is 5.91 Å². The van der Waals surface area contributed by atoms with Crippen LogP contribution in [0.15, 0.2) is 42.5 Å². The first-order valence-corrected chi connectivity index (χ1v) is 9.21. The van der Waals surface area contributed by atoms with Crippen LogP contribution in [0.4, 0.5) is 21.9 Å². The largest absolute Gasteiger partial charge is 0.323 e. The number of hydrogen-bond acceptors (Lipinski definition) is 2. The van der Waals surface area contributed by atoms with Crippen molar-refractivity contribution in [3.63, 3.8) is 0 Å². The fourth-order valence-electron chi connectivity index (χ4n) is 3.06. The molecular formula is C20H22ClN3O2. The molecule has 26 heavy (non-hydrogen) atoms. The number of aryl methyl sites for hydroxylation is 1. The van der Waals surface area contributed by atoms with Gasteiger partial charge in [-0.05, 0) is 54.8 Å². The summed E-state index contributed by atoms with van der Waals surface area (Å²) < 4.78 is 0. The first-order chi connectivity index (χ1) is 12.6. The number of unbranched alkanes of at least 4 members (excludes halogenated alkanes) is 1. The van der Waals surface area contributed by atoms with Gasteiger partial charge in [0.15, 0.2) is 0 Å². The molecule has 6 heteroatoms. The van der Waals surface area contributed by atoms with Crippen molar-refractivity contribution in [1.82, 2.24) is 0 Å². The summed E-state index contributed by atoms with van der Waals surface area (Å²) in [5.41, 5.74) is 3.37. The van der Waals surface area contributed by atoms with Gasteiger partial charge in [0.25, 0.3) is 0 Å². The summed E-state index contributed by atoms with van der Waals surface area (Å²) in [4.78, 5) is 26.2. The lowest BCUT2D eigenvalue weighted by Gasteiger charge is -2.29. The highest BCUT2D eigenvalue weighted by atomic mass is 35.5. The molecule has 2 aromatic carbocycles. The van der Waals surface area contributed by atoms with Gasteiger partial charge in [0.05, 0.1) is 0 Å². The number of nitrogens with zero attached hydrogens (tertiary/aromatic N) is 1. The van der Waals surface area contributed by atoms with E-state index in [0.29, 0.717) is 29.2 Å². The molecule has 2 N–H and O–H groups in total. The number of hydrogen-bond donors (Lipinski definition) is 2. The van der Waals surface area contributed by atoms with Crippen LogP contribution in [-0.2, 0) is 11.2 Å². The topological polar surface area (TPSA) is 61.4 Å². The summed E-state index contributed by atoms with van der Waals surface area (Å²) in [6.07, 6.45) is 3.23. The number of carbonyl (C=O) groups excluding carboxylic acids is 2. The molecule has 0 atom stereocenters. The second-order valence-electron chi connectivity index (χ2n) is 6.33. The monoisotopic (exact) mass is 371 g/mol. The smallest absolute Gasteiger partial charge is 0.312 e. The lowest BCUT2D eigenvalue weighted by molar-refractivity contribution is -0.118. The molecular weight excluding hydrogens is 350 g/mol. The summed E-state index contributed by atoms with van der Waals surface area (Å²) >= 11 is 5.93. The molecule has 0 saturated carbocycles. The highest BCUT2D eigenvalue weighted by Gasteiger charge is 2.23. The number of anilines is 3. The average Bonchev–Trinajstić information content (AvgIpc) is 2.61. The van der Waals surface area contributed by atoms with Crippen LogP contribution in [0.1, 0.15) is 31.7 Å². The van der Waals surface area contributed by atoms with Crippen molar-refractivity contribution in [3.8, 4) is 0 Å². The molecule has 0 aliphatic carbocycles. The van der Waals surface area contributed by atoms with Crippen molar-refractivity contribution in [3.05, 3.63) is 53.1 Å². The third kappa shape index (κ3) is 4.35. The van der Waals surface area contributed by atoms with Crippen LogP contribution in [0.5, 0.6) is 0 Å². The van der Waals surface area contributed by atoms with Gasteiger partial charge in [-0.1, -0.05) is 31.0 Å². The van der Waals surface area contributed by atoms with Crippen LogP contribution in [-0.4, -0.2) is 18.5 Å². The molecule has 3 rings (SSSR count). The number of rotatable bonds is 5. The molecule has 1 aliphatic rings. The Morgan fingerprint density at radius 1 is 1.12 bits per heavy atom. The van der Waals surface area contributed by atoms with Gasteiger partial charge >= 0.3 is 6.03 Å². The van der Waals surface area contributed by atoms with E-state index >= 15 is 0 Å². The number of amides is 3. The Kier molecular flexibility index (Phi) is 5.78. The van der Waals surface area contributed by atoms with Crippen LogP contribution in [0.25, 0.3) is 0 Å². The number of benzene rings is 2. The Morgan fingerprint density at radius 3 is 2.62 bits per heavy atom. The highest BCUT2D eigenvalue weighted by Crippen LogP contribution is 2.30. The van der Waals surface area contributed by atoms with Gasteiger partial charge in [-0.2, -0.15) is 0 Å². The van der Waals surface area contributed by atoms with E-state index in [0.717, 1.165) is 30.6 Å². The third-order valence-corrected chi connectivity index (χ3v) is 4.59. The molecule has 0 bridgehead atoms. The molecule has 1 heterocycles. The van der Waals surface area contributed by atoms with E-state index in [9.17, 15) is 9.59 Å². The first kappa shape index (κ1) is 18.3. The molecule has 1 aliphatic heterocycles. The van der Waals surface area contributed by atoms with Crippen molar-refractivity contribution >= 4 is 40.6 Å². The molecule has 0 spiro atoms. The zero-order valence-corrected chi connectivity index (χ0v) is 15.5. The van der Waals surface area contributed by atoms with Crippen molar-refractivity contribution < 1.29 is 9.59 Å². The Bertz CT molecular complexity index is 822. The minimum atomic E-state index is -0.332. The van der Waals surface area contributed by atoms with E-state index in [4.69, 9.17) is 11.6 Å². The predicted octanol–water partition coefficient (Wildman–Crippen LogP) is 5.06. The average molecular weight is 372 g/mol. The molecule has 2 aromatic rings. The Morgan fingerprint density at radius 2 is 1.88 bits per heavy atom. The number of urea groups is 1. The fourth-order valence-corrected chi connectivity index (χ4v) is 3.25. The minimum absolute atomic E-state index is 0.172. The van der Waals surface area contributed by atoms with E-state index < -0.39 is 0 Å². The third-order valence-electron chi connectivity index (χ3n) is 4.36. The lowest BCUT2D eigenvalue weighted by atomic mass is 10.00. The maximum atomic E-state index is 12.2. The van der Waals surface area contributed by atoms with Crippen LogP contribution < -0.4 is 15.5 Å². The van der Waals surface area contributed by atoms with Crippen LogP contribution >= 0.6 is 11.6 Å². The molecule has 0 unspecified atom stereocenters. The van der Waals surface area contributed by atoms with E-state index in [1.54, 1.807) is 24.3 Å². The van der Waals surface area contributed by atoms with Crippen LogP contribution in [0, 0.1) is 0 Å². The zero-order chi connectivity index (χ0) is 18.5. The summed E-state index contributed by atoms with van der Waals surface area (Å²) in [5.74, 6) is 0.172. The number of nitrogens with one attached hydrogen (secondary N) is 2. The molecule has 3 amide bonds. The van der Waals surface area contributed by atoms with Crippen molar-refractivity contribution in [1.29, 1.82) is 0 Å². The van der Waals surface area contributed by atoms with Crippen molar-refractivity contribution in [2.24, 2.45) is 0 Å². The number of halogens is 1. The summed E-state index contributed by atoms with van der Waals surface area (Å²) in [5, 5.41) is 6.15. The zero-order valence-electron chi connectivity index (χ0n) is 14.7. The van der Waals surface area contributed by atoms with Gasteiger partial charge in [-0.15, -0.1) is 0 Å². The van der Waals surface area contributed by atoms with E-state index in [1.165, 1.54) is 0 Å². The van der Waals surface area contributed by atoms with Gasteiger partial charge in [0.1, 0.15) is 0 Å². The van der Waals surface area contributed by atoms with Crippen LogP contribution in [0.3, 0.4) is 0 Å². The summed E-state index contributed by atoms with van der Waals surface area (Å²) in [6.45, 7) is 2.85. The van der Waals surface area contributed by atoms with Gasteiger partial charge in [-0.3, -0.25) is 4.79 Å². The summed E-state index contributed by atoms with van der Waals surface area (Å²) in [6, 6.07) is 12.3. The van der Waals surface area contributed by atoms with E-state index in [-0.39, 0.29) is 11.9 Å². The van der Waals surface area contributed by atoms with Gasteiger partial charge < -0.3 is 15.5 Å². The van der Waals surface area contributed by atoms with Crippen molar-refractivity contribution in [2.45, 2.75) is 32.6 Å². The maximum Gasteiger partial charge on any atom is 0.323 e.